The van der Waals surface area contributed by atoms with Crippen molar-refractivity contribution >= 4 is 0 Å². The monoisotopic (exact) mass is 240 g/mol. The smallest absolute Gasteiger partial charge is 0.128 e. The van der Waals surface area contributed by atoms with E-state index in [0.717, 1.165) is 24.6 Å². The van der Waals surface area contributed by atoms with E-state index in [4.69, 9.17) is 5.73 Å². The maximum atomic E-state index is 13.5. The first kappa shape index (κ1) is 12.5. The molecule has 0 saturated heterocycles. The number of likely N-dealkylation sites (N-methyl/N-ethyl adjacent to an activating group) is 1. The molecule has 1 fully saturated rings. The molecular formula is C13H18F2N2. The van der Waals surface area contributed by atoms with Gasteiger partial charge in [0.25, 0.3) is 0 Å². The van der Waals surface area contributed by atoms with Gasteiger partial charge in [0.2, 0.25) is 0 Å². The van der Waals surface area contributed by atoms with Gasteiger partial charge >= 0.3 is 0 Å². The Bertz CT molecular complexity index is 391. The molecule has 0 radical (unpaired) electrons. The number of nitrogens with two attached hydrogens (primary N) is 1. The number of hydrogen-bond acceptors (Lipinski definition) is 2. The van der Waals surface area contributed by atoms with E-state index in [0.29, 0.717) is 6.54 Å². The molecule has 1 saturated carbocycles. The highest BCUT2D eigenvalue weighted by molar-refractivity contribution is 5.22. The summed E-state index contributed by atoms with van der Waals surface area (Å²) in [7, 11) is 1.97. The second kappa shape index (κ2) is 5.10. The van der Waals surface area contributed by atoms with Gasteiger partial charge in [-0.05, 0) is 44.0 Å². The zero-order valence-electron chi connectivity index (χ0n) is 10.00. The summed E-state index contributed by atoms with van der Waals surface area (Å²) in [5.41, 5.74) is 6.17. The maximum Gasteiger partial charge on any atom is 0.128 e. The van der Waals surface area contributed by atoms with Gasteiger partial charge in [-0.15, -0.1) is 0 Å². The van der Waals surface area contributed by atoms with E-state index in [9.17, 15) is 8.78 Å². The van der Waals surface area contributed by atoms with Crippen molar-refractivity contribution in [2.45, 2.75) is 18.9 Å². The maximum absolute atomic E-state index is 13.5. The van der Waals surface area contributed by atoms with Crippen LogP contribution in [0.3, 0.4) is 0 Å². The highest BCUT2D eigenvalue weighted by atomic mass is 19.1. The predicted octanol–water partition coefficient (Wildman–Crippen LogP) is 2.31. The topological polar surface area (TPSA) is 29.3 Å². The standard InChI is InChI=1S/C13H18F2N2/c1-17(7-9-2-3-9)8-13(16)11-6-10(14)4-5-12(11)15/h4-6,9,13H,2-3,7-8,16H2,1H3. The number of nitrogens with zero attached hydrogens (tertiary/aromatic N) is 1. The van der Waals surface area contributed by atoms with Crippen LogP contribution in [0.5, 0.6) is 0 Å². The third kappa shape index (κ3) is 3.48. The van der Waals surface area contributed by atoms with Crippen molar-refractivity contribution < 1.29 is 8.78 Å². The van der Waals surface area contributed by atoms with Gasteiger partial charge in [-0.2, -0.15) is 0 Å². The number of rotatable bonds is 5. The average Bonchev–Trinajstić information content (AvgIpc) is 3.05. The molecule has 1 aliphatic rings. The average molecular weight is 240 g/mol. The van der Waals surface area contributed by atoms with E-state index in [1.165, 1.54) is 18.9 Å². The van der Waals surface area contributed by atoms with Crippen molar-refractivity contribution in [2.75, 3.05) is 20.1 Å². The van der Waals surface area contributed by atoms with Crippen LogP contribution in [0.4, 0.5) is 8.78 Å². The second-order valence-corrected chi connectivity index (χ2v) is 4.94. The molecule has 0 aromatic heterocycles. The fourth-order valence-corrected chi connectivity index (χ4v) is 2.05. The summed E-state index contributed by atoms with van der Waals surface area (Å²) >= 11 is 0. The third-order valence-corrected chi connectivity index (χ3v) is 3.13. The lowest BCUT2D eigenvalue weighted by Gasteiger charge is -2.21. The second-order valence-electron chi connectivity index (χ2n) is 4.94. The first-order valence-corrected chi connectivity index (χ1v) is 5.95. The predicted molar refractivity (Wildman–Crippen MR) is 63.5 cm³/mol. The summed E-state index contributed by atoms with van der Waals surface area (Å²) in [6, 6.07) is 2.95. The Morgan fingerprint density at radius 2 is 2.12 bits per heavy atom. The molecule has 1 aliphatic carbocycles. The third-order valence-electron chi connectivity index (χ3n) is 3.13. The van der Waals surface area contributed by atoms with Gasteiger partial charge in [-0.1, -0.05) is 0 Å². The molecular weight excluding hydrogens is 222 g/mol. The molecule has 2 rings (SSSR count). The van der Waals surface area contributed by atoms with Gasteiger partial charge < -0.3 is 10.6 Å². The van der Waals surface area contributed by atoms with Gasteiger partial charge in [0, 0.05) is 24.7 Å². The summed E-state index contributed by atoms with van der Waals surface area (Å²) in [4.78, 5) is 2.09. The number of benzene rings is 1. The van der Waals surface area contributed by atoms with Crippen molar-refractivity contribution in [1.82, 2.24) is 4.90 Å². The fraction of sp³-hybridized carbons (Fsp3) is 0.538. The molecule has 2 nitrogen and oxygen atoms in total. The molecule has 0 aliphatic heterocycles. The lowest BCUT2D eigenvalue weighted by Crippen LogP contribution is -2.31. The Hall–Kier alpha value is -1.00. The Morgan fingerprint density at radius 1 is 1.41 bits per heavy atom. The summed E-state index contributed by atoms with van der Waals surface area (Å²) in [5.74, 6) is -0.107. The Labute approximate surface area is 100 Å². The van der Waals surface area contributed by atoms with E-state index >= 15 is 0 Å². The van der Waals surface area contributed by atoms with E-state index in [1.54, 1.807) is 0 Å². The van der Waals surface area contributed by atoms with Gasteiger partial charge in [0.1, 0.15) is 11.6 Å². The van der Waals surface area contributed by atoms with E-state index in [1.807, 2.05) is 7.05 Å². The normalized spacial score (nSPS) is 17.5. The number of hydrogen-bond donors (Lipinski definition) is 1. The van der Waals surface area contributed by atoms with Crippen LogP contribution < -0.4 is 5.73 Å². The van der Waals surface area contributed by atoms with Crippen LogP contribution in [-0.4, -0.2) is 25.0 Å². The molecule has 2 N–H and O–H groups in total. The minimum Gasteiger partial charge on any atom is -0.323 e. The molecule has 1 atom stereocenters. The van der Waals surface area contributed by atoms with Crippen LogP contribution in [-0.2, 0) is 0 Å². The molecule has 0 bridgehead atoms. The molecule has 94 valence electrons. The first-order chi connectivity index (χ1) is 8.06. The van der Waals surface area contributed by atoms with Crippen LogP contribution in [0, 0.1) is 17.6 Å². The molecule has 17 heavy (non-hydrogen) atoms. The molecule has 0 amide bonds. The minimum absolute atomic E-state index is 0.257. The van der Waals surface area contributed by atoms with E-state index < -0.39 is 17.7 Å². The summed E-state index contributed by atoms with van der Waals surface area (Å²) in [5, 5.41) is 0. The van der Waals surface area contributed by atoms with Gasteiger partial charge in [-0.3, -0.25) is 0 Å². The molecule has 1 aromatic rings. The van der Waals surface area contributed by atoms with Gasteiger partial charge in [0.05, 0.1) is 0 Å². The minimum atomic E-state index is -0.477. The van der Waals surface area contributed by atoms with Crippen LogP contribution >= 0.6 is 0 Å². The Kier molecular flexibility index (Phi) is 3.74. The zero-order valence-corrected chi connectivity index (χ0v) is 10.00. The summed E-state index contributed by atoms with van der Waals surface area (Å²) in [6.45, 7) is 1.54. The first-order valence-electron chi connectivity index (χ1n) is 5.95. The quantitative estimate of drug-likeness (QED) is 0.855. The van der Waals surface area contributed by atoms with Gasteiger partial charge in [-0.25, -0.2) is 8.78 Å². The number of halogens is 2. The van der Waals surface area contributed by atoms with E-state index in [2.05, 4.69) is 4.90 Å². The lowest BCUT2D eigenvalue weighted by molar-refractivity contribution is 0.298. The Morgan fingerprint density at radius 3 is 2.76 bits per heavy atom. The largest absolute Gasteiger partial charge is 0.323 e. The molecule has 1 aromatic carbocycles. The Balaban J connectivity index is 1.97. The highest BCUT2D eigenvalue weighted by Gasteiger charge is 2.24. The molecule has 1 unspecified atom stereocenters. The zero-order chi connectivity index (χ0) is 12.4. The molecule has 4 heteroatoms. The van der Waals surface area contributed by atoms with Crippen LogP contribution in [0.15, 0.2) is 18.2 Å². The highest BCUT2D eigenvalue weighted by Crippen LogP contribution is 2.29. The van der Waals surface area contributed by atoms with Crippen molar-refractivity contribution in [3.63, 3.8) is 0 Å². The van der Waals surface area contributed by atoms with Crippen molar-refractivity contribution in [3.8, 4) is 0 Å². The van der Waals surface area contributed by atoms with Crippen molar-refractivity contribution in [1.29, 1.82) is 0 Å². The van der Waals surface area contributed by atoms with Crippen LogP contribution in [0.2, 0.25) is 0 Å². The van der Waals surface area contributed by atoms with Gasteiger partial charge in [0.15, 0.2) is 0 Å². The van der Waals surface area contributed by atoms with Crippen LogP contribution in [0.25, 0.3) is 0 Å². The van der Waals surface area contributed by atoms with Crippen molar-refractivity contribution in [2.24, 2.45) is 11.7 Å². The van der Waals surface area contributed by atoms with E-state index in [-0.39, 0.29) is 5.56 Å². The SMILES string of the molecule is CN(CC1CC1)CC(N)c1cc(F)ccc1F. The summed E-state index contributed by atoms with van der Waals surface area (Å²) in [6.07, 6.45) is 2.54. The lowest BCUT2D eigenvalue weighted by atomic mass is 10.1. The molecule has 0 spiro atoms. The summed E-state index contributed by atoms with van der Waals surface area (Å²) < 4.78 is 26.5. The van der Waals surface area contributed by atoms with Crippen LogP contribution in [0.1, 0.15) is 24.4 Å². The molecule has 0 heterocycles. The fourth-order valence-electron chi connectivity index (χ4n) is 2.05. The van der Waals surface area contributed by atoms with Crippen molar-refractivity contribution in [3.05, 3.63) is 35.4 Å².